The SMILES string of the molecule is CC(C)CC[CH2][Al+2].[H-].[H-]. The fourth-order valence-electron chi connectivity index (χ4n) is 0.526. The average molecular weight is 114 g/mol. The Hall–Kier alpha value is 0.532. The van der Waals surface area contributed by atoms with Crippen LogP contribution in [0.15, 0.2) is 0 Å². The quantitative estimate of drug-likeness (QED) is 0.493. The molecule has 0 atom stereocenters. The van der Waals surface area contributed by atoms with Gasteiger partial charge in [-0.05, 0) is 0 Å². The smallest absolute Gasteiger partial charge is 1.00 e. The number of hydrogen-bond donors (Lipinski definition) is 0. The molecule has 0 aliphatic carbocycles. The molecule has 0 amide bonds. The van der Waals surface area contributed by atoms with E-state index in [1.807, 2.05) is 0 Å². The van der Waals surface area contributed by atoms with Crippen LogP contribution in [0, 0.1) is 5.92 Å². The summed E-state index contributed by atoms with van der Waals surface area (Å²) < 4.78 is 0. The Bertz CT molecular complexity index is 40.0. The van der Waals surface area contributed by atoms with E-state index in [0.29, 0.717) is 0 Å². The molecule has 1 heteroatoms. The Labute approximate surface area is 57.7 Å². The van der Waals surface area contributed by atoms with Gasteiger partial charge < -0.3 is 2.85 Å². The van der Waals surface area contributed by atoms with E-state index < -0.39 is 0 Å². The van der Waals surface area contributed by atoms with Gasteiger partial charge in [-0.1, -0.05) is 0 Å². The summed E-state index contributed by atoms with van der Waals surface area (Å²) >= 11 is 2.74. The Balaban J connectivity index is -0.000000180. The van der Waals surface area contributed by atoms with E-state index in [2.05, 4.69) is 30.1 Å². The maximum absolute atomic E-state index is 2.74. The van der Waals surface area contributed by atoms with Crippen molar-refractivity contribution in [1.29, 1.82) is 0 Å². The van der Waals surface area contributed by atoms with Crippen molar-refractivity contribution >= 4 is 16.3 Å². The Kier molecular flexibility index (Phi) is 5.04. The topological polar surface area (TPSA) is 0 Å². The fraction of sp³-hybridized carbons (Fsp3) is 1.00. The van der Waals surface area contributed by atoms with Gasteiger partial charge in [0.2, 0.25) is 0 Å². The van der Waals surface area contributed by atoms with Gasteiger partial charge in [0.05, 0.1) is 0 Å². The van der Waals surface area contributed by atoms with Crippen molar-refractivity contribution in [2.75, 3.05) is 0 Å². The molecule has 0 rings (SSSR count). The third-order valence-corrected chi connectivity index (χ3v) is 1.39. The molecule has 0 N–H and O–H groups in total. The summed E-state index contributed by atoms with van der Waals surface area (Å²) in [5.74, 6) is 0.889. The van der Waals surface area contributed by atoms with Gasteiger partial charge in [-0.2, -0.15) is 0 Å². The van der Waals surface area contributed by atoms with Crippen LogP contribution in [0.1, 0.15) is 29.5 Å². The second-order valence-corrected chi connectivity index (χ2v) is 2.90. The van der Waals surface area contributed by atoms with Gasteiger partial charge >= 0.3 is 54.2 Å². The van der Waals surface area contributed by atoms with Crippen molar-refractivity contribution in [3.05, 3.63) is 0 Å². The van der Waals surface area contributed by atoms with Crippen molar-refractivity contribution in [3.63, 3.8) is 0 Å². The predicted octanol–water partition coefficient (Wildman–Crippen LogP) is 2.23. The zero-order valence-electron chi connectivity index (χ0n) is 7.28. The monoisotopic (exact) mass is 114 g/mol. The molecule has 0 aliphatic rings. The predicted molar refractivity (Wildman–Crippen MR) is 36.9 cm³/mol. The van der Waals surface area contributed by atoms with E-state index in [-0.39, 0.29) is 2.85 Å². The van der Waals surface area contributed by atoms with Crippen molar-refractivity contribution in [2.24, 2.45) is 5.92 Å². The standard InChI is InChI=1S/C6H13.Al.2H/c1-4-5-6(2)3;;;/h6H,1,4-5H2,2-3H3;;;/q;+2;2*-1. The Morgan fingerprint density at radius 2 is 2.14 bits per heavy atom. The van der Waals surface area contributed by atoms with E-state index in [1.54, 1.807) is 0 Å². The minimum atomic E-state index is 0. The van der Waals surface area contributed by atoms with Gasteiger partial charge in [0, 0.05) is 0 Å². The summed E-state index contributed by atoms with van der Waals surface area (Å²) in [6, 6.07) is 0. The minimum absolute atomic E-state index is 0. The number of hydrogen-bond acceptors (Lipinski definition) is 0. The fourth-order valence-corrected chi connectivity index (χ4v) is 0.762. The maximum Gasteiger partial charge on any atom is -1.00 e. The second-order valence-electron chi connectivity index (χ2n) is 2.32. The van der Waals surface area contributed by atoms with Crippen molar-refractivity contribution in [1.82, 2.24) is 0 Å². The van der Waals surface area contributed by atoms with Crippen LogP contribution in [0.3, 0.4) is 0 Å². The molecular weight excluding hydrogens is 99.0 g/mol. The zero-order valence-corrected chi connectivity index (χ0v) is 6.43. The summed E-state index contributed by atoms with van der Waals surface area (Å²) in [5.41, 5.74) is 0. The third kappa shape index (κ3) is 6.53. The normalized spacial score (nSPS) is 10.4. The zero-order chi connectivity index (χ0) is 5.70. The van der Waals surface area contributed by atoms with E-state index in [0.717, 1.165) is 5.92 Å². The molecular formula is C6H15Al. The van der Waals surface area contributed by atoms with Gasteiger partial charge in [0.25, 0.3) is 0 Å². The van der Waals surface area contributed by atoms with Gasteiger partial charge in [-0.25, -0.2) is 0 Å². The third-order valence-electron chi connectivity index (χ3n) is 0.986. The summed E-state index contributed by atoms with van der Waals surface area (Å²) in [5, 5.41) is 1.26. The molecule has 0 unspecified atom stereocenters. The molecule has 0 bridgehead atoms. The van der Waals surface area contributed by atoms with Crippen molar-refractivity contribution in [2.45, 2.75) is 32.0 Å². The summed E-state index contributed by atoms with van der Waals surface area (Å²) in [7, 11) is 0. The first-order chi connectivity index (χ1) is 3.27. The van der Waals surface area contributed by atoms with Gasteiger partial charge in [-0.15, -0.1) is 0 Å². The van der Waals surface area contributed by atoms with Crippen molar-refractivity contribution in [3.8, 4) is 0 Å². The van der Waals surface area contributed by atoms with Crippen LogP contribution < -0.4 is 0 Å². The molecule has 7 heavy (non-hydrogen) atoms. The molecule has 0 nitrogen and oxygen atoms in total. The first kappa shape index (κ1) is 7.53. The summed E-state index contributed by atoms with van der Waals surface area (Å²) in [6.45, 7) is 4.53. The molecule has 0 heterocycles. The van der Waals surface area contributed by atoms with Crippen LogP contribution in [0.25, 0.3) is 0 Å². The molecule has 0 saturated heterocycles. The largest absolute Gasteiger partial charge is 1.00 e. The molecule has 0 aromatic rings. The van der Waals surface area contributed by atoms with E-state index in [1.165, 1.54) is 18.1 Å². The van der Waals surface area contributed by atoms with E-state index in [9.17, 15) is 0 Å². The summed E-state index contributed by atoms with van der Waals surface area (Å²) in [6.07, 6.45) is 2.74. The van der Waals surface area contributed by atoms with Gasteiger partial charge in [-0.3, -0.25) is 0 Å². The first-order valence-corrected chi connectivity index (χ1v) is 3.79. The molecule has 0 fully saturated rings. The first-order valence-electron chi connectivity index (χ1n) is 2.97. The minimum Gasteiger partial charge on any atom is -1.00 e. The maximum atomic E-state index is 2.74. The van der Waals surface area contributed by atoms with Crippen LogP contribution in [-0.2, 0) is 0 Å². The molecule has 0 aromatic carbocycles. The average Bonchev–Trinajstić information content (AvgIpc) is 1.61. The summed E-state index contributed by atoms with van der Waals surface area (Å²) in [4.78, 5) is 0. The van der Waals surface area contributed by atoms with Crippen molar-refractivity contribution < 1.29 is 2.85 Å². The molecule has 0 radical (unpaired) electrons. The van der Waals surface area contributed by atoms with Gasteiger partial charge in [0.15, 0.2) is 0 Å². The van der Waals surface area contributed by atoms with Crippen LogP contribution in [-0.4, -0.2) is 16.3 Å². The van der Waals surface area contributed by atoms with Gasteiger partial charge in [0.1, 0.15) is 0 Å². The van der Waals surface area contributed by atoms with E-state index in [4.69, 9.17) is 0 Å². The molecule has 0 aliphatic heterocycles. The Morgan fingerprint density at radius 3 is 2.29 bits per heavy atom. The molecule has 0 saturated carbocycles. The molecule has 42 valence electrons. The van der Waals surface area contributed by atoms with Crippen LogP contribution >= 0.6 is 0 Å². The molecule has 0 spiro atoms. The van der Waals surface area contributed by atoms with Crippen LogP contribution in [0.4, 0.5) is 0 Å². The van der Waals surface area contributed by atoms with Crippen LogP contribution in [0.5, 0.6) is 0 Å². The van der Waals surface area contributed by atoms with Crippen LogP contribution in [0.2, 0.25) is 5.28 Å². The second kappa shape index (κ2) is 4.69. The molecule has 0 aromatic heterocycles. The number of rotatable bonds is 3. The van der Waals surface area contributed by atoms with E-state index >= 15 is 0 Å². The Morgan fingerprint density at radius 1 is 1.57 bits per heavy atom.